The second-order valence-corrected chi connectivity index (χ2v) is 5.08. The predicted molar refractivity (Wildman–Crippen MR) is 60.3 cm³/mol. The minimum atomic E-state index is -0.206. The van der Waals surface area contributed by atoms with Gasteiger partial charge in [0.1, 0.15) is 0 Å². The fraction of sp³-hybridized carbons (Fsp3) is 0.846. The Hall–Kier alpha value is -0.340. The molecular formula is C13H22O2. The smallest absolute Gasteiger partial charge is 0.0577 e. The second-order valence-electron chi connectivity index (χ2n) is 5.08. The van der Waals surface area contributed by atoms with E-state index >= 15 is 0 Å². The number of rotatable bonds is 5. The Kier molecular flexibility index (Phi) is 3.47. The van der Waals surface area contributed by atoms with Crippen molar-refractivity contribution in [3.63, 3.8) is 0 Å². The molecule has 0 spiro atoms. The molecular weight excluding hydrogens is 188 g/mol. The van der Waals surface area contributed by atoms with Crippen molar-refractivity contribution in [1.29, 1.82) is 0 Å². The van der Waals surface area contributed by atoms with Crippen molar-refractivity contribution in [2.24, 2.45) is 23.7 Å². The van der Waals surface area contributed by atoms with E-state index in [-0.39, 0.29) is 12.7 Å². The van der Waals surface area contributed by atoms with E-state index in [1.54, 1.807) is 0 Å². The average Bonchev–Trinajstić information content (AvgIpc) is 2.84. The standard InChI is InChI=1S/C13H22O2/c1-2-3-4-12(15)13-10-6-5-9(7-10)11(13)8-14/h5-6,9-15H,2-4,7-8H2,1H3/t9-,10+,11-,12-,13+/m1/s1. The Morgan fingerprint density at radius 2 is 2.07 bits per heavy atom. The Morgan fingerprint density at radius 3 is 2.73 bits per heavy atom. The molecule has 5 atom stereocenters. The second kappa shape index (κ2) is 4.67. The highest BCUT2D eigenvalue weighted by molar-refractivity contribution is 5.14. The molecule has 15 heavy (non-hydrogen) atoms. The maximum absolute atomic E-state index is 10.2. The Morgan fingerprint density at radius 1 is 1.33 bits per heavy atom. The molecule has 2 bridgehead atoms. The highest BCUT2D eigenvalue weighted by Crippen LogP contribution is 2.49. The lowest BCUT2D eigenvalue weighted by Crippen LogP contribution is -2.33. The molecule has 2 nitrogen and oxygen atoms in total. The quantitative estimate of drug-likeness (QED) is 0.681. The van der Waals surface area contributed by atoms with Gasteiger partial charge in [-0.05, 0) is 36.5 Å². The summed E-state index contributed by atoms with van der Waals surface area (Å²) in [4.78, 5) is 0. The Bertz CT molecular complexity index is 237. The topological polar surface area (TPSA) is 40.5 Å². The van der Waals surface area contributed by atoms with Crippen LogP contribution in [0, 0.1) is 23.7 Å². The van der Waals surface area contributed by atoms with Crippen molar-refractivity contribution in [2.45, 2.75) is 38.7 Å². The summed E-state index contributed by atoms with van der Waals surface area (Å²) in [5.74, 6) is 1.68. The molecule has 0 saturated heterocycles. The van der Waals surface area contributed by atoms with Crippen molar-refractivity contribution in [1.82, 2.24) is 0 Å². The average molecular weight is 210 g/mol. The lowest BCUT2D eigenvalue weighted by Gasteiger charge is -2.30. The van der Waals surface area contributed by atoms with Gasteiger partial charge in [0.05, 0.1) is 6.10 Å². The summed E-state index contributed by atoms with van der Waals surface area (Å²) in [6, 6.07) is 0. The molecule has 1 saturated carbocycles. The molecule has 0 unspecified atom stereocenters. The molecule has 0 aromatic carbocycles. The van der Waals surface area contributed by atoms with E-state index in [9.17, 15) is 10.2 Å². The van der Waals surface area contributed by atoms with Crippen molar-refractivity contribution < 1.29 is 10.2 Å². The number of fused-ring (bicyclic) bond motifs is 2. The first-order valence-corrected chi connectivity index (χ1v) is 6.25. The molecule has 2 aliphatic carbocycles. The molecule has 0 aromatic heterocycles. The normalized spacial score (nSPS) is 39.9. The minimum Gasteiger partial charge on any atom is -0.396 e. The van der Waals surface area contributed by atoms with Gasteiger partial charge in [-0.25, -0.2) is 0 Å². The van der Waals surface area contributed by atoms with Gasteiger partial charge in [-0.15, -0.1) is 0 Å². The van der Waals surface area contributed by atoms with Gasteiger partial charge in [-0.1, -0.05) is 31.9 Å². The van der Waals surface area contributed by atoms with E-state index < -0.39 is 0 Å². The molecule has 2 N–H and O–H groups in total. The largest absolute Gasteiger partial charge is 0.396 e. The maximum atomic E-state index is 10.2. The van der Waals surface area contributed by atoms with Crippen molar-refractivity contribution in [3.05, 3.63) is 12.2 Å². The zero-order valence-electron chi connectivity index (χ0n) is 9.47. The summed E-state index contributed by atoms with van der Waals surface area (Å²) in [7, 11) is 0. The third-order valence-corrected chi connectivity index (χ3v) is 4.20. The number of hydrogen-bond donors (Lipinski definition) is 2. The number of unbranched alkanes of at least 4 members (excludes halogenated alkanes) is 1. The van der Waals surface area contributed by atoms with Gasteiger partial charge in [0.15, 0.2) is 0 Å². The zero-order chi connectivity index (χ0) is 10.8. The summed E-state index contributed by atoms with van der Waals surface area (Å²) in [6.07, 6.45) is 8.55. The molecule has 2 rings (SSSR count). The van der Waals surface area contributed by atoms with Crippen molar-refractivity contribution in [2.75, 3.05) is 6.61 Å². The molecule has 0 heterocycles. The Labute approximate surface area is 92.0 Å². The molecule has 86 valence electrons. The highest BCUT2D eigenvalue weighted by Gasteiger charge is 2.46. The summed E-state index contributed by atoms with van der Waals surface area (Å²) >= 11 is 0. The van der Waals surface area contributed by atoms with Crippen LogP contribution in [0.1, 0.15) is 32.6 Å². The summed E-state index contributed by atoms with van der Waals surface area (Å²) in [5.41, 5.74) is 0. The summed E-state index contributed by atoms with van der Waals surface area (Å²) < 4.78 is 0. The van der Waals surface area contributed by atoms with Crippen LogP contribution in [0.5, 0.6) is 0 Å². The van der Waals surface area contributed by atoms with Crippen molar-refractivity contribution in [3.8, 4) is 0 Å². The van der Waals surface area contributed by atoms with Crippen LogP contribution in [0.3, 0.4) is 0 Å². The molecule has 0 amide bonds. The number of hydrogen-bond acceptors (Lipinski definition) is 2. The van der Waals surface area contributed by atoms with Gasteiger partial charge in [0, 0.05) is 6.61 Å². The minimum absolute atomic E-state index is 0.206. The fourth-order valence-electron chi connectivity index (χ4n) is 3.40. The van der Waals surface area contributed by atoms with E-state index in [4.69, 9.17) is 0 Å². The maximum Gasteiger partial charge on any atom is 0.0577 e. The van der Waals surface area contributed by atoms with E-state index in [0.29, 0.717) is 23.7 Å². The first-order chi connectivity index (χ1) is 7.27. The predicted octanol–water partition coefficient (Wildman–Crippen LogP) is 1.97. The monoisotopic (exact) mass is 210 g/mol. The van der Waals surface area contributed by atoms with Crippen LogP contribution in [0.2, 0.25) is 0 Å². The summed E-state index contributed by atoms with van der Waals surface area (Å²) in [6.45, 7) is 2.39. The highest BCUT2D eigenvalue weighted by atomic mass is 16.3. The van der Waals surface area contributed by atoms with Crippen LogP contribution in [0.4, 0.5) is 0 Å². The third kappa shape index (κ3) is 1.98. The number of aliphatic hydroxyl groups is 2. The first kappa shape index (κ1) is 11.2. The number of allylic oxidation sites excluding steroid dienone is 2. The Balaban J connectivity index is 1.98. The summed E-state index contributed by atoms with van der Waals surface area (Å²) in [5, 5.41) is 19.5. The van der Waals surface area contributed by atoms with Crippen LogP contribution in [0.15, 0.2) is 12.2 Å². The van der Waals surface area contributed by atoms with E-state index in [2.05, 4.69) is 19.1 Å². The first-order valence-electron chi connectivity index (χ1n) is 6.25. The van der Waals surface area contributed by atoms with Gasteiger partial charge < -0.3 is 10.2 Å². The van der Waals surface area contributed by atoms with Crippen molar-refractivity contribution >= 4 is 0 Å². The molecule has 2 heteroatoms. The van der Waals surface area contributed by atoms with Gasteiger partial charge in [0.25, 0.3) is 0 Å². The van der Waals surface area contributed by atoms with Crippen LogP contribution >= 0.6 is 0 Å². The third-order valence-electron chi connectivity index (χ3n) is 4.20. The van der Waals surface area contributed by atoms with E-state index in [1.165, 1.54) is 0 Å². The van der Waals surface area contributed by atoms with Crippen LogP contribution in [-0.4, -0.2) is 22.9 Å². The van der Waals surface area contributed by atoms with Crippen LogP contribution in [0.25, 0.3) is 0 Å². The van der Waals surface area contributed by atoms with E-state index in [0.717, 1.165) is 25.7 Å². The van der Waals surface area contributed by atoms with Gasteiger partial charge in [0.2, 0.25) is 0 Å². The fourth-order valence-corrected chi connectivity index (χ4v) is 3.40. The lowest BCUT2D eigenvalue weighted by atomic mass is 9.78. The zero-order valence-corrected chi connectivity index (χ0v) is 9.47. The van der Waals surface area contributed by atoms with Gasteiger partial charge in [-0.3, -0.25) is 0 Å². The molecule has 1 fully saturated rings. The van der Waals surface area contributed by atoms with Gasteiger partial charge in [-0.2, -0.15) is 0 Å². The van der Waals surface area contributed by atoms with E-state index in [1.807, 2.05) is 0 Å². The lowest BCUT2D eigenvalue weighted by molar-refractivity contribution is 0.0349. The molecule has 0 radical (unpaired) electrons. The molecule has 0 aliphatic heterocycles. The van der Waals surface area contributed by atoms with Crippen LogP contribution in [-0.2, 0) is 0 Å². The van der Waals surface area contributed by atoms with Gasteiger partial charge >= 0.3 is 0 Å². The SMILES string of the molecule is CCCC[C@@H](O)[C@@H]1[C@H](CO)[C@@H]2C=C[C@H]1C2. The molecule has 2 aliphatic rings. The van der Waals surface area contributed by atoms with Crippen LogP contribution < -0.4 is 0 Å². The molecule has 0 aromatic rings. The number of aliphatic hydroxyl groups excluding tert-OH is 2.